The van der Waals surface area contributed by atoms with Crippen molar-refractivity contribution in [2.45, 2.75) is 127 Å². The maximum absolute atomic E-state index is 13.9. The van der Waals surface area contributed by atoms with Crippen molar-refractivity contribution in [2.75, 3.05) is 13.1 Å². The number of carbonyl (C=O) groups is 6. The van der Waals surface area contributed by atoms with Crippen LogP contribution in [0, 0.1) is 0 Å². The third-order valence-electron chi connectivity index (χ3n) is 13.2. The summed E-state index contributed by atoms with van der Waals surface area (Å²) in [6, 6.07) is 52.7. The Morgan fingerprint density at radius 1 is 0.282 bits per heavy atom. The summed E-state index contributed by atoms with van der Waals surface area (Å²) in [7, 11) is 0. The first-order chi connectivity index (χ1) is 38.2. The van der Waals surface area contributed by atoms with Crippen molar-refractivity contribution in [1.29, 1.82) is 0 Å². The third-order valence-corrected chi connectivity index (χ3v) is 13.2. The van der Waals surface area contributed by atoms with E-state index in [1.165, 1.54) is 0 Å². The van der Waals surface area contributed by atoms with Crippen molar-refractivity contribution in [3.05, 3.63) is 215 Å². The van der Waals surface area contributed by atoms with Gasteiger partial charge in [-0.2, -0.15) is 0 Å². The minimum atomic E-state index is -0.984. The molecule has 0 heterocycles. The zero-order valence-electron chi connectivity index (χ0n) is 44.6. The van der Waals surface area contributed by atoms with Crippen LogP contribution in [-0.2, 0) is 67.5 Å². The van der Waals surface area contributed by atoms with Gasteiger partial charge in [0, 0.05) is 38.8 Å². The number of hydrogen-bond acceptors (Lipinski definition) is 8. The summed E-state index contributed by atoms with van der Waals surface area (Å²) in [6.07, 6.45) is 9.54. The van der Waals surface area contributed by atoms with E-state index in [9.17, 15) is 28.8 Å². The minimum absolute atomic E-state index is 0.0521. The molecular weight excluding hydrogens is 981 g/mol. The van der Waals surface area contributed by atoms with E-state index >= 15 is 0 Å². The minimum Gasteiger partial charge on any atom is -0.445 e. The largest absolute Gasteiger partial charge is 0.445 e. The molecule has 6 rings (SSSR count). The Balaban J connectivity index is 0.876. The number of benzene rings is 6. The number of rotatable bonds is 33. The molecule has 6 amide bonds. The fraction of sp³-hybridized carbons (Fsp3) is 0.344. The first-order valence-corrected chi connectivity index (χ1v) is 27.4. The highest BCUT2D eigenvalue weighted by molar-refractivity contribution is 5.92. The monoisotopic (exact) mass is 1060 g/mol. The van der Waals surface area contributed by atoms with Crippen molar-refractivity contribution >= 4 is 35.8 Å². The molecule has 6 aromatic rings. The highest BCUT2D eigenvalue weighted by atomic mass is 16.6. The Morgan fingerprint density at radius 2 is 0.513 bits per heavy atom. The van der Waals surface area contributed by atoms with E-state index < -0.39 is 48.2 Å². The Morgan fingerprint density at radius 3 is 0.782 bits per heavy atom. The normalized spacial score (nSPS) is 12.4. The van der Waals surface area contributed by atoms with E-state index in [0.717, 1.165) is 97.6 Å². The Labute approximate surface area is 459 Å². The van der Waals surface area contributed by atoms with Crippen LogP contribution >= 0.6 is 0 Å². The average molecular weight is 1060 g/mol. The Kier molecular flexibility index (Phi) is 26.0. The molecule has 0 bridgehead atoms. The summed E-state index contributed by atoms with van der Waals surface area (Å²) in [6.45, 7) is 1.06. The molecule has 0 aliphatic carbocycles. The molecule has 4 atom stereocenters. The number of alkyl carbamates (subject to hydrolysis) is 2. The van der Waals surface area contributed by atoms with Crippen LogP contribution in [0.3, 0.4) is 0 Å². The van der Waals surface area contributed by atoms with E-state index in [1.807, 2.05) is 182 Å². The highest BCUT2D eigenvalue weighted by Crippen LogP contribution is 2.13. The lowest BCUT2D eigenvalue weighted by molar-refractivity contribution is -0.130. The molecule has 0 saturated carbocycles. The lowest BCUT2D eigenvalue weighted by Gasteiger charge is -2.23. The number of unbranched alkanes of at least 4 members (excludes halogenated alkanes) is 9. The van der Waals surface area contributed by atoms with Crippen molar-refractivity contribution in [2.24, 2.45) is 0 Å². The smallest absolute Gasteiger partial charge is 0.408 e. The zero-order valence-corrected chi connectivity index (χ0v) is 44.6. The van der Waals surface area contributed by atoms with Crippen LogP contribution < -0.4 is 31.9 Å². The molecule has 0 aromatic heterocycles. The van der Waals surface area contributed by atoms with Crippen LogP contribution in [0.15, 0.2) is 182 Å². The molecule has 0 fully saturated rings. The summed E-state index contributed by atoms with van der Waals surface area (Å²) in [4.78, 5) is 81.1. The molecule has 0 aliphatic heterocycles. The molecule has 0 radical (unpaired) electrons. The van der Waals surface area contributed by atoms with Gasteiger partial charge in [-0.15, -0.1) is 0 Å². The van der Waals surface area contributed by atoms with E-state index in [4.69, 9.17) is 9.47 Å². The average Bonchev–Trinajstić information content (AvgIpc) is 3.47. The van der Waals surface area contributed by atoms with Gasteiger partial charge in [0.1, 0.15) is 37.4 Å². The van der Waals surface area contributed by atoms with Crippen LogP contribution in [0.2, 0.25) is 0 Å². The van der Waals surface area contributed by atoms with Gasteiger partial charge in [0.25, 0.3) is 0 Å². The SMILES string of the molecule is O=C(N[C@H](Cc1ccccc1)C(=O)N[C@@H](Cc1ccccc1)C(=O)NCCCCCCCCCCCCNC(=O)[C@H](Cc1ccccc1)NC(=O)[C@@H](Cc1ccccc1)NC(=O)OCc1ccccc1)OCc1ccccc1. The van der Waals surface area contributed by atoms with Gasteiger partial charge in [-0.1, -0.05) is 233 Å². The van der Waals surface area contributed by atoms with Gasteiger partial charge >= 0.3 is 12.2 Å². The number of carbonyl (C=O) groups excluding carboxylic acids is 6. The summed E-state index contributed by atoms with van der Waals surface area (Å²) < 4.78 is 10.9. The van der Waals surface area contributed by atoms with Crippen LogP contribution in [-0.4, -0.2) is 73.1 Å². The van der Waals surface area contributed by atoms with Crippen LogP contribution in [0.25, 0.3) is 0 Å². The molecule has 14 nitrogen and oxygen atoms in total. The quantitative estimate of drug-likeness (QED) is 0.0219. The maximum atomic E-state index is 13.9. The van der Waals surface area contributed by atoms with Crippen molar-refractivity contribution in [1.82, 2.24) is 31.9 Å². The number of nitrogens with one attached hydrogen (secondary N) is 6. The van der Waals surface area contributed by atoms with Gasteiger partial charge in [-0.3, -0.25) is 19.2 Å². The van der Waals surface area contributed by atoms with Gasteiger partial charge in [-0.25, -0.2) is 9.59 Å². The Bertz CT molecular complexity index is 2500. The molecule has 410 valence electrons. The fourth-order valence-corrected chi connectivity index (χ4v) is 8.93. The summed E-state index contributed by atoms with van der Waals surface area (Å²) in [5.41, 5.74) is 5.12. The number of ether oxygens (including phenoxy) is 2. The second kappa shape index (κ2) is 34.4. The standard InChI is InChI=1S/C64H76N6O8/c71-59(55(43-49-29-15-9-16-30-49)67-61(73)57(45-51-33-19-11-20-34-51)69-63(75)77-47-53-37-23-13-24-38-53)65-41-27-7-5-3-1-2-4-6-8-28-42-66-60(72)56(44-50-31-17-10-18-32-50)68-62(74)58(46-52-35-21-12-22-36-52)70-64(76)78-48-54-39-25-14-26-40-54/h9-26,29-40,55-58H,1-8,27-28,41-48H2,(H,65,71)(H,66,72)(H,67,73)(H,68,74)(H,69,75)(H,70,76)/t55-,56-,57+,58+/m0/s1. The lowest BCUT2D eigenvalue weighted by Crippen LogP contribution is -2.55. The third kappa shape index (κ3) is 22.9. The highest BCUT2D eigenvalue weighted by Gasteiger charge is 2.29. The second-order valence-corrected chi connectivity index (χ2v) is 19.5. The van der Waals surface area contributed by atoms with Crippen LogP contribution in [0.1, 0.15) is 97.6 Å². The predicted octanol–water partition coefficient (Wildman–Crippen LogP) is 9.65. The molecule has 0 saturated heterocycles. The van der Waals surface area contributed by atoms with Gasteiger partial charge in [-0.05, 0) is 46.2 Å². The van der Waals surface area contributed by atoms with Crippen LogP contribution in [0.4, 0.5) is 9.59 Å². The second-order valence-electron chi connectivity index (χ2n) is 19.5. The van der Waals surface area contributed by atoms with Crippen molar-refractivity contribution in [3.63, 3.8) is 0 Å². The zero-order chi connectivity index (χ0) is 54.8. The maximum Gasteiger partial charge on any atom is 0.408 e. The first-order valence-electron chi connectivity index (χ1n) is 27.4. The molecule has 6 N–H and O–H groups in total. The molecule has 0 aliphatic rings. The summed E-state index contributed by atoms with van der Waals surface area (Å²) in [5.74, 6) is -1.54. The van der Waals surface area contributed by atoms with Crippen LogP contribution in [0.5, 0.6) is 0 Å². The van der Waals surface area contributed by atoms with Crippen molar-refractivity contribution < 1.29 is 38.2 Å². The van der Waals surface area contributed by atoms with E-state index in [-0.39, 0.29) is 50.7 Å². The summed E-state index contributed by atoms with van der Waals surface area (Å²) >= 11 is 0. The van der Waals surface area contributed by atoms with Gasteiger partial charge in [0.2, 0.25) is 23.6 Å². The van der Waals surface area contributed by atoms with Gasteiger partial charge < -0.3 is 41.4 Å². The van der Waals surface area contributed by atoms with E-state index in [1.54, 1.807) is 0 Å². The van der Waals surface area contributed by atoms with E-state index in [2.05, 4.69) is 31.9 Å². The fourth-order valence-electron chi connectivity index (χ4n) is 8.93. The molecule has 78 heavy (non-hydrogen) atoms. The van der Waals surface area contributed by atoms with E-state index in [0.29, 0.717) is 13.1 Å². The van der Waals surface area contributed by atoms with Gasteiger partial charge in [0.05, 0.1) is 0 Å². The molecule has 6 aromatic carbocycles. The first kappa shape index (κ1) is 59.0. The summed E-state index contributed by atoms with van der Waals surface area (Å²) in [5, 5.41) is 17.4. The molecule has 0 spiro atoms. The van der Waals surface area contributed by atoms with Gasteiger partial charge in [0.15, 0.2) is 0 Å². The lowest BCUT2D eigenvalue weighted by atomic mass is 10.0. The molecule has 14 heteroatoms. The van der Waals surface area contributed by atoms with Crippen molar-refractivity contribution in [3.8, 4) is 0 Å². The molecular formula is C64H76N6O8. The number of amides is 6. The number of hydrogen-bond donors (Lipinski definition) is 6. The molecule has 0 unspecified atom stereocenters. The Hall–Kier alpha value is -8.26. The topological polar surface area (TPSA) is 193 Å². The predicted molar refractivity (Wildman–Crippen MR) is 304 cm³/mol.